The predicted octanol–water partition coefficient (Wildman–Crippen LogP) is 2.97. The van der Waals surface area contributed by atoms with Crippen LogP contribution in [-0.2, 0) is 0 Å². The molecule has 1 rings (SSSR count). The maximum absolute atomic E-state index is 5.66. The second kappa shape index (κ2) is 6.05. The zero-order valence-electron chi connectivity index (χ0n) is 9.63. The molecule has 0 saturated heterocycles. The third-order valence-corrected chi connectivity index (χ3v) is 3.35. The van der Waals surface area contributed by atoms with Gasteiger partial charge in [0.25, 0.3) is 0 Å². The molecule has 1 aliphatic carbocycles. The van der Waals surface area contributed by atoms with E-state index < -0.39 is 0 Å². The summed E-state index contributed by atoms with van der Waals surface area (Å²) >= 11 is 0. The lowest BCUT2D eigenvalue weighted by Gasteiger charge is -2.25. The summed E-state index contributed by atoms with van der Waals surface area (Å²) in [6.07, 6.45) is 7.77. The number of nitrogens with zero attached hydrogens (tertiary/aromatic N) is 1. The van der Waals surface area contributed by atoms with Gasteiger partial charge in [0.2, 0.25) is 0 Å². The van der Waals surface area contributed by atoms with Gasteiger partial charge in [-0.2, -0.15) is 0 Å². The molecule has 0 aliphatic heterocycles. The van der Waals surface area contributed by atoms with Crippen LogP contribution < -0.4 is 5.73 Å². The molecule has 0 aromatic carbocycles. The predicted molar refractivity (Wildman–Crippen MR) is 62.5 cm³/mol. The maximum Gasteiger partial charge on any atom is 0.0934 e. The Morgan fingerprint density at radius 2 is 1.93 bits per heavy atom. The van der Waals surface area contributed by atoms with Crippen LogP contribution >= 0.6 is 0 Å². The first kappa shape index (κ1) is 11.5. The molecule has 0 bridgehead atoms. The molecule has 0 amide bonds. The number of amidine groups is 1. The summed E-state index contributed by atoms with van der Waals surface area (Å²) in [5.41, 5.74) is 5.66. The highest BCUT2D eigenvalue weighted by atomic mass is 14.8. The zero-order valence-corrected chi connectivity index (χ0v) is 9.63. The first-order chi connectivity index (χ1) is 6.72. The average Bonchev–Trinajstić information content (AvgIpc) is 2.21. The first-order valence-electron chi connectivity index (χ1n) is 6.01. The van der Waals surface area contributed by atoms with E-state index >= 15 is 0 Å². The van der Waals surface area contributed by atoms with Crippen LogP contribution in [0.4, 0.5) is 0 Å². The average molecular weight is 196 g/mol. The van der Waals surface area contributed by atoms with Gasteiger partial charge in [-0.05, 0) is 18.3 Å². The van der Waals surface area contributed by atoms with Gasteiger partial charge in [-0.15, -0.1) is 0 Å². The summed E-state index contributed by atoms with van der Waals surface area (Å²) in [5.74, 6) is 2.68. The van der Waals surface area contributed by atoms with Crippen LogP contribution in [0.25, 0.3) is 0 Å². The van der Waals surface area contributed by atoms with Crippen molar-refractivity contribution in [1.29, 1.82) is 0 Å². The lowest BCUT2D eigenvalue weighted by atomic mass is 9.81. The Bertz CT molecular complexity index is 179. The summed E-state index contributed by atoms with van der Waals surface area (Å²) in [5, 5.41) is 0. The molecular weight excluding hydrogens is 172 g/mol. The SMILES string of the molecule is CCC(N)=NCCC1CCC(C)CC1. The first-order valence-corrected chi connectivity index (χ1v) is 6.01. The molecule has 14 heavy (non-hydrogen) atoms. The molecule has 0 aromatic rings. The van der Waals surface area contributed by atoms with Gasteiger partial charge in [0.15, 0.2) is 0 Å². The van der Waals surface area contributed by atoms with Crippen LogP contribution in [0.5, 0.6) is 0 Å². The van der Waals surface area contributed by atoms with Gasteiger partial charge in [0, 0.05) is 13.0 Å². The molecule has 2 N–H and O–H groups in total. The van der Waals surface area contributed by atoms with Crippen molar-refractivity contribution in [2.75, 3.05) is 6.54 Å². The number of nitrogens with two attached hydrogens (primary N) is 1. The minimum absolute atomic E-state index is 0.814. The van der Waals surface area contributed by atoms with Crippen LogP contribution in [0.15, 0.2) is 4.99 Å². The molecule has 0 heterocycles. The van der Waals surface area contributed by atoms with Crippen LogP contribution in [0.3, 0.4) is 0 Å². The Morgan fingerprint density at radius 3 is 2.50 bits per heavy atom. The molecule has 0 spiro atoms. The van der Waals surface area contributed by atoms with E-state index in [0.29, 0.717) is 0 Å². The smallest absolute Gasteiger partial charge is 0.0934 e. The molecule has 1 aliphatic rings. The van der Waals surface area contributed by atoms with Crippen molar-refractivity contribution in [3.63, 3.8) is 0 Å². The summed E-state index contributed by atoms with van der Waals surface area (Å²) in [6.45, 7) is 5.36. The van der Waals surface area contributed by atoms with E-state index in [1.165, 1.54) is 32.1 Å². The Morgan fingerprint density at radius 1 is 1.29 bits per heavy atom. The van der Waals surface area contributed by atoms with Gasteiger partial charge in [0.05, 0.1) is 5.84 Å². The molecule has 0 radical (unpaired) electrons. The number of hydrogen-bond donors (Lipinski definition) is 1. The van der Waals surface area contributed by atoms with Gasteiger partial charge in [-0.25, -0.2) is 0 Å². The third kappa shape index (κ3) is 4.12. The fourth-order valence-corrected chi connectivity index (χ4v) is 2.12. The highest BCUT2D eigenvalue weighted by Gasteiger charge is 2.17. The molecule has 1 fully saturated rings. The van der Waals surface area contributed by atoms with E-state index in [9.17, 15) is 0 Å². The zero-order chi connectivity index (χ0) is 10.4. The quantitative estimate of drug-likeness (QED) is 0.545. The van der Waals surface area contributed by atoms with Crippen LogP contribution in [0.1, 0.15) is 52.4 Å². The lowest BCUT2D eigenvalue weighted by molar-refractivity contribution is 0.280. The van der Waals surface area contributed by atoms with Gasteiger partial charge in [-0.1, -0.05) is 39.5 Å². The highest BCUT2D eigenvalue weighted by molar-refractivity contribution is 5.79. The number of hydrogen-bond acceptors (Lipinski definition) is 1. The van der Waals surface area contributed by atoms with Crippen molar-refractivity contribution in [2.24, 2.45) is 22.6 Å². The topological polar surface area (TPSA) is 38.4 Å². The molecule has 0 atom stereocenters. The molecule has 1 saturated carbocycles. The minimum Gasteiger partial charge on any atom is -0.387 e. The van der Waals surface area contributed by atoms with Gasteiger partial charge < -0.3 is 5.73 Å². The van der Waals surface area contributed by atoms with Crippen LogP contribution in [0, 0.1) is 11.8 Å². The Kier molecular flexibility index (Phi) is 4.99. The summed E-state index contributed by atoms with van der Waals surface area (Å²) in [4.78, 5) is 4.35. The van der Waals surface area contributed by atoms with E-state index in [4.69, 9.17) is 5.73 Å². The molecule has 0 aromatic heterocycles. The number of rotatable bonds is 4. The normalized spacial score (nSPS) is 29.1. The van der Waals surface area contributed by atoms with E-state index in [0.717, 1.165) is 30.6 Å². The fraction of sp³-hybridized carbons (Fsp3) is 0.917. The summed E-state index contributed by atoms with van der Waals surface area (Å²) in [6, 6.07) is 0. The van der Waals surface area contributed by atoms with Crippen LogP contribution in [-0.4, -0.2) is 12.4 Å². The van der Waals surface area contributed by atoms with Crippen molar-refractivity contribution in [3.8, 4) is 0 Å². The highest BCUT2D eigenvalue weighted by Crippen LogP contribution is 2.30. The number of aliphatic imine (C=N–C) groups is 1. The Labute approximate surface area is 88.0 Å². The monoisotopic (exact) mass is 196 g/mol. The van der Waals surface area contributed by atoms with E-state index in [1.807, 2.05) is 0 Å². The Hall–Kier alpha value is -0.530. The Balaban J connectivity index is 2.13. The summed E-state index contributed by atoms with van der Waals surface area (Å²) in [7, 11) is 0. The molecular formula is C12H24N2. The second-order valence-corrected chi connectivity index (χ2v) is 4.64. The van der Waals surface area contributed by atoms with Crippen molar-refractivity contribution < 1.29 is 0 Å². The maximum atomic E-state index is 5.66. The van der Waals surface area contributed by atoms with Crippen molar-refractivity contribution in [1.82, 2.24) is 0 Å². The van der Waals surface area contributed by atoms with Crippen molar-refractivity contribution in [2.45, 2.75) is 52.4 Å². The lowest BCUT2D eigenvalue weighted by Crippen LogP contribution is -2.15. The van der Waals surface area contributed by atoms with Crippen molar-refractivity contribution in [3.05, 3.63) is 0 Å². The van der Waals surface area contributed by atoms with Crippen LogP contribution in [0.2, 0.25) is 0 Å². The van der Waals surface area contributed by atoms with Gasteiger partial charge in [-0.3, -0.25) is 4.99 Å². The van der Waals surface area contributed by atoms with Gasteiger partial charge >= 0.3 is 0 Å². The largest absolute Gasteiger partial charge is 0.387 e. The fourth-order valence-electron chi connectivity index (χ4n) is 2.12. The standard InChI is InChI=1S/C12H24N2/c1-3-12(13)14-9-8-11-6-4-10(2)5-7-11/h10-11H,3-9H2,1-2H3,(H2,13,14). The van der Waals surface area contributed by atoms with E-state index in [2.05, 4.69) is 18.8 Å². The second-order valence-electron chi connectivity index (χ2n) is 4.64. The molecule has 2 heteroatoms. The summed E-state index contributed by atoms with van der Waals surface area (Å²) < 4.78 is 0. The third-order valence-electron chi connectivity index (χ3n) is 3.35. The van der Waals surface area contributed by atoms with Crippen molar-refractivity contribution >= 4 is 5.84 Å². The molecule has 0 unspecified atom stereocenters. The molecule has 2 nitrogen and oxygen atoms in total. The van der Waals surface area contributed by atoms with Gasteiger partial charge in [0.1, 0.15) is 0 Å². The molecule has 82 valence electrons. The van der Waals surface area contributed by atoms with E-state index in [1.54, 1.807) is 0 Å². The minimum atomic E-state index is 0.814. The van der Waals surface area contributed by atoms with E-state index in [-0.39, 0.29) is 0 Å².